The molecule has 1 aromatic rings. The molecule has 0 amide bonds. The van der Waals surface area contributed by atoms with Crippen LogP contribution in [0.15, 0.2) is 5.38 Å². The second kappa shape index (κ2) is 7.62. The Hall–Kier alpha value is -1.10. The number of hydrogen-bond acceptors (Lipinski definition) is 5. The van der Waals surface area contributed by atoms with E-state index in [9.17, 15) is 4.79 Å². The van der Waals surface area contributed by atoms with Crippen LogP contribution >= 0.6 is 11.3 Å². The van der Waals surface area contributed by atoms with Gasteiger partial charge in [0.2, 0.25) is 0 Å². The maximum absolute atomic E-state index is 11.3. The number of carbonyl (C=O) groups excluding carboxylic acids is 1. The van der Waals surface area contributed by atoms with Crippen LogP contribution in [0.3, 0.4) is 0 Å². The van der Waals surface area contributed by atoms with Crippen LogP contribution in [0.25, 0.3) is 0 Å². The van der Waals surface area contributed by atoms with E-state index in [1.165, 1.54) is 39.2 Å². The number of ether oxygens (including phenoxy) is 1. The molecule has 1 aliphatic rings. The summed E-state index contributed by atoms with van der Waals surface area (Å²) in [5.41, 5.74) is 0.825. The SMILES string of the molecule is CCCC1CCCN(c2nc(CC(=O)OC)cs2)CC1. The van der Waals surface area contributed by atoms with Gasteiger partial charge in [-0.2, -0.15) is 0 Å². The first kappa shape index (κ1) is 15.3. The molecule has 0 N–H and O–H groups in total. The first-order valence-electron chi connectivity index (χ1n) is 7.49. The lowest BCUT2D eigenvalue weighted by molar-refractivity contribution is -0.139. The van der Waals surface area contributed by atoms with Crippen molar-refractivity contribution in [3.05, 3.63) is 11.1 Å². The predicted octanol–water partition coefficient (Wildman–Crippen LogP) is 3.27. The zero-order valence-electron chi connectivity index (χ0n) is 12.4. The van der Waals surface area contributed by atoms with Crippen molar-refractivity contribution in [2.45, 2.75) is 45.4 Å². The summed E-state index contributed by atoms with van der Waals surface area (Å²) in [6.07, 6.45) is 6.75. The van der Waals surface area contributed by atoms with Gasteiger partial charge in [0.1, 0.15) is 0 Å². The lowest BCUT2D eigenvalue weighted by atomic mass is 9.96. The van der Waals surface area contributed by atoms with Gasteiger partial charge in [-0.3, -0.25) is 4.79 Å². The van der Waals surface area contributed by atoms with Gasteiger partial charge in [0, 0.05) is 18.5 Å². The van der Waals surface area contributed by atoms with Gasteiger partial charge in [-0.15, -0.1) is 11.3 Å². The third-order valence-corrected chi connectivity index (χ3v) is 4.86. The number of aromatic nitrogens is 1. The van der Waals surface area contributed by atoms with Crippen molar-refractivity contribution in [2.24, 2.45) is 5.92 Å². The average Bonchev–Trinajstić information content (AvgIpc) is 2.77. The van der Waals surface area contributed by atoms with Gasteiger partial charge in [-0.25, -0.2) is 4.98 Å². The van der Waals surface area contributed by atoms with E-state index in [1.54, 1.807) is 11.3 Å². The molecule has 1 saturated heterocycles. The maximum atomic E-state index is 11.3. The Morgan fingerprint density at radius 3 is 3.10 bits per heavy atom. The summed E-state index contributed by atoms with van der Waals surface area (Å²) in [5, 5.41) is 3.03. The van der Waals surface area contributed by atoms with E-state index >= 15 is 0 Å². The third-order valence-electron chi connectivity index (χ3n) is 3.91. The van der Waals surface area contributed by atoms with Crippen molar-refractivity contribution in [3.63, 3.8) is 0 Å². The van der Waals surface area contributed by atoms with Crippen LogP contribution < -0.4 is 4.90 Å². The summed E-state index contributed by atoms with van der Waals surface area (Å²) in [7, 11) is 1.41. The largest absolute Gasteiger partial charge is 0.469 e. The first-order valence-corrected chi connectivity index (χ1v) is 8.37. The number of methoxy groups -OCH3 is 1. The van der Waals surface area contributed by atoms with E-state index in [2.05, 4.69) is 21.5 Å². The monoisotopic (exact) mass is 296 g/mol. The molecule has 1 aliphatic heterocycles. The maximum Gasteiger partial charge on any atom is 0.311 e. The van der Waals surface area contributed by atoms with E-state index in [4.69, 9.17) is 0 Å². The normalized spacial score (nSPS) is 19.7. The summed E-state index contributed by atoms with van der Waals surface area (Å²) in [4.78, 5) is 18.2. The highest BCUT2D eigenvalue weighted by atomic mass is 32.1. The zero-order valence-corrected chi connectivity index (χ0v) is 13.2. The van der Waals surface area contributed by atoms with E-state index in [0.717, 1.165) is 29.8 Å². The van der Waals surface area contributed by atoms with Gasteiger partial charge in [-0.1, -0.05) is 19.8 Å². The van der Waals surface area contributed by atoms with Crippen molar-refractivity contribution < 1.29 is 9.53 Å². The summed E-state index contributed by atoms with van der Waals surface area (Å²) < 4.78 is 4.68. The van der Waals surface area contributed by atoms with Crippen molar-refractivity contribution >= 4 is 22.4 Å². The van der Waals surface area contributed by atoms with Crippen molar-refractivity contribution in [2.75, 3.05) is 25.1 Å². The van der Waals surface area contributed by atoms with Gasteiger partial charge < -0.3 is 9.64 Å². The molecule has 2 rings (SSSR count). The van der Waals surface area contributed by atoms with Gasteiger partial charge in [0.05, 0.1) is 19.2 Å². The summed E-state index contributed by atoms with van der Waals surface area (Å²) in [6.45, 7) is 4.45. The molecule has 0 radical (unpaired) electrons. The quantitative estimate of drug-likeness (QED) is 0.782. The van der Waals surface area contributed by atoms with Crippen molar-refractivity contribution in [1.82, 2.24) is 4.98 Å². The minimum Gasteiger partial charge on any atom is -0.469 e. The highest BCUT2D eigenvalue weighted by Crippen LogP contribution is 2.27. The number of rotatable bonds is 5. The number of esters is 1. The minimum absolute atomic E-state index is 0.222. The fraction of sp³-hybridized carbons (Fsp3) is 0.733. The molecule has 112 valence electrons. The molecule has 1 atom stereocenters. The smallest absolute Gasteiger partial charge is 0.311 e. The molecule has 0 aliphatic carbocycles. The standard InChI is InChI=1S/C15H24N2O2S/c1-3-5-12-6-4-8-17(9-7-12)15-16-13(11-20-15)10-14(18)19-2/h11-12H,3-10H2,1-2H3. The van der Waals surface area contributed by atoms with Gasteiger partial charge in [0.15, 0.2) is 5.13 Å². The molecule has 20 heavy (non-hydrogen) atoms. The number of anilines is 1. The summed E-state index contributed by atoms with van der Waals surface area (Å²) in [5.74, 6) is 0.653. The van der Waals surface area contributed by atoms with Crippen molar-refractivity contribution in [3.8, 4) is 0 Å². The molecule has 2 heterocycles. The number of thiazole rings is 1. The molecule has 0 spiro atoms. The number of carbonyl (C=O) groups is 1. The zero-order chi connectivity index (χ0) is 14.4. The third kappa shape index (κ3) is 4.20. The summed E-state index contributed by atoms with van der Waals surface area (Å²) in [6, 6.07) is 0. The molecule has 4 nitrogen and oxygen atoms in total. The molecule has 0 aromatic carbocycles. The van der Waals surface area contributed by atoms with E-state index in [-0.39, 0.29) is 12.4 Å². The highest BCUT2D eigenvalue weighted by Gasteiger charge is 2.19. The minimum atomic E-state index is -0.222. The highest BCUT2D eigenvalue weighted by molar-refractivity contribution is 7.13. The molecule has 1 unspecified atom stereocenters. The van der Waals surface area contributed by atoms with Crippen LogP contribution in [0.1, 0.15) is 44.7 Å². The summed E-state index contributed by atoms with van der Waals surface area (Å²) >= 11 is 1.64. The average molecular weight is 296 g/mol. The van der Waals surface area contributed by atoms with Crippen LogP contribution in [0.4, 0.5) is 5.13 Å². The Bertz CT molecular complexity index is 433. The van der Waals surface area contributed by atoms with Gasteiger partial charge >= 0.3 is 5.97 Å². The molecule has 1 fully saturated rings. The second-order valence-corrected chi connectivity index (χ2v) is 6.28. The second-order valence-electron chi connectivity index (χ2n) is 5.45. The Labute approximate surface area is 125 Å². The van der Waals surface area contributed by atoms with E-state index in [0.29, 0.717) is 0 Å². The Morgan fingerprint density at radius 1 is 1.50 bits per heavy atom. The van der Waals surface area contributed by atoms with Crippen LogP contribution in [-0.4, -0.2) is 31.2 Å². The molecule has 5 heteroatoms. The number of hydrogen-bond donors (Lipinski definition) is 0. The van der Waals surface area contributed by atoms with E-state index < -0.39 is 0 Å². The Kier molecular flexibility index (Phi) is 5.83. The van der Waals surface area contributed by atoms with Gasteiger partial charge in [0.25, 0.3) is 0 Å². The van der Waals surface area contributed by atoms with Crippen LogP contribution in [0.5, 0.6) is 0 Å². The molecular weight excluding hydrogens is 272 g/mol. The van der Waals surface area contributed by atoms with Crippen LogP contribution in [0, 0.1) is 5.92 Å². The number of nitrogens with zero attached hydrogens (tertiary/aromatic N) is 2. The molecule has 0 bridgehead atoms. The van der Waals surface area contributed by atoms with Gasteiger partial charge in [-0.05, 0) is 25.2 Å². The molecular formula is C15H24N2O2S. The van der Waals surface area contributed by atoms with Crippen LogP contribution in [-0.2, 0) is 16.0 Å². The van der Waals surface area contributed by atoms with Crippen LogP contribution in [0.2, 0.25) is 0 Å². The Morgan fingerprint density at radius 2 is 2.35 bits per heavy atom. The lowest BCUT2D eigenvalue weighted by Crippen LogP contribution is -2.24. The molecule has 1 aromatic heterocycles. The first-order chi connectivity index (χ1) is 9.72. The Balaban J connectivity index is 1.92. The topological polar surface area (TPSA) is 42.4 Å². The predicted molar refractivity (Wildman–Crippen MR) is 82.3 cm³/mol. The molecule has 0 saturated carbocycles. The lowest BCUT2D eigenvalue weighted by Gasteiger charge is -2.19. The fourth-order valence-corrected chi connectivity index (χ4v) is 3.68. The fourth-order valence-electron chi connectivity index (χ4n) is 2.80. The van der Waals surface area contributed by atoms with E-state index in [1.807, 2.05) is 5.38 Å². The van der Waals surface area contributed by atoms with Crippen molar-refractivity contribution in [1.29, 1.82) is 0 Å².